The number of allylic oxidation sites excluding steroid dienone is 2. The van der Waals surface area contributed by atoms with Gasteiger partial charge in [-0.2, -0.15) is 0 Å². The highest BCUT2D eigenvalue weighted by Gasteiger charge is 2.69. The molecule has 8 nitrogen and oxygen atoms in total. The van der Waals surface area contributed by atoms with E-state index in [1.165, 1.54) is 6.07 Å². The molecule has 0 radical (unpaired) electrons. The summed E-state index contributed by atoms with van der Waals surface area (Å²) in [7, 11) is 2.20. The van der Waals surface area contributed by atoms with Crippen molar-refractivity contribution < 1.29 is 24.2 Å². The molecule has 0 spiro atoms. The summed E-state index contributed by atoms with van der Waals surface area (Å²) in [5.41, 5.74) is 1.55. The van der Waals surface area contributed by atoms with Crippen molar-refractivity contribution in [3.05, 3.63) is 47.0 Å². The zero-order valence-electron chi connectivity index (χ0n) is 34.7. The molecular formula is C46H69N3O5. The quantitative estimate of drug-likeness (QED) is 0.157. The van der Waals surface area contributed by atoms with Crippen LogP contribution in [0.3, 0.4) is 0 Å². The summed E-state index contributed by atoms with van der Waals surface area (Å²) in [6.07, 6.45) is 13.6. The Labute approximate surface area is 325 Å². The highest BCUT2D eigenvalue weighted by molar-refractivity contribution is 6.02. The van der Waals surface area contributed by atoms with E-state index in [-0.39, 0.29) is 55.6 Å². The first-order chi connectivity index (χ1) is 25.4. The number of carboxylic acids is 1. The highest BCUT2D eigenvalue weighted by Crippen LogP contribution is 2.76. The second-order valence-electron chi connectivity index (χ2n) is 20.7. The van der Waals surface area contributed by atoms with Crippen molar-refractivity contribution in [3.8, 4) is 0 Å². The van der Waals surface area contributed by atoms with Gasteiger partial charge >= 0.3 is 11.9 Å². The van der Waals surface area contributed by atoms with Crippen LogP contribution in [0.4, 0.5) is 0 Å². The molecule has 1 unspecified atom stereocenters. The zero-order valence-corrected chi connectivity index (χ0v) is 34.7. The van der Waals surface area contributed by atoms with Gasteiger partial charge in [-0.25, -0.2) is 9.59 Å². The summed E-state index contributed by atoms with van der Waals surface area (Å²) >= 11 is 0. The van der Waals surface area contributed by atoms with Crippen LogP contribution in [-0.2, 0) is 9.53 Å². The van der Waals surface area contributed by atoms with Crippen LogP contribution in [0, 0.1) is 50.2 Å². The van der Waals surface area contributed by atoms with Crippen molar-refractivity contribution in [2.75, 3.05) is 46.3 Å². The van der Waals surface area contributed by atoms with E-state index < -0.39 is 11.9 Å². The number of carboxylic acid groups (broad SMARTS) is 1. The molecule has 2 N–H and O–H groups in total. The van der Waals surface area contributed by atoms with Crippen molar-refractivity contribution in [2.45, 2.75) is 125 Å². The molecule has 7 rings (SSSR count). The largest absolute Gasteiger partial charge is 0.478 e. The number of esters is 1. The van der Waals surface area contributed by atoms with E-state index in [0.717, 1.165) is 110 Å². The molecule has 5 aliphatic carbocycles. The molecule has 1 aromatic rings. The van der Waals surface area contributed by atoms with Crippen LogP contribution >= 0.6 is 0 Å². The Balaban J connectivity index is 1.10. The van der Waals surface area contributed by atoms with Gasteiger partial charge in [-0.3, -0.25) is 4.79 Å². The fourth-order valence-corrected chi connectivity index (χ4v) is 13.6. The summed E-state index contributed by atoms with van der Waals surface area (Å²) < 4.78 is 6.27. The molecule has 298 valence electrons. The lowest BCUT2D eigenvalue weighted by molar-refractivity contribution is -0.204. The minimum atomic E-state index is -1.11. The van der Waals surface area contributed by atoms with Gasteiger partial charge in [0, 0.05) is 38.1 Å². The van der Waals surface area contributed by atoms with Gasteiger partial charge in [-0.15, -0.1) is 0 Å². The Morgan fingerprint density at radius 1 is 0.852 bits per heavy atom. The van der Waals surface area contributed by atoms with Gasteiger partial charge in [0.05, 0.1) is 16.5 Å². The molecule has 8 atom stereocenters. The van der Waals surface area contributed by atoms with Crippen LogP contribution in [0.1, 0.15) is 140 Å². The molecule has 0 aromatic heterocycles. The highest BCUT2D eigenvalue weighted by atomic mass is 16.5. The van der Waals surface area contributed by atoms with Crippen LogP contribution in [0.15, 0.2) is 35.9 Å². The van der Waals surface area contributed by atoms with Gasteiger partial charge < -0.3 is 25.0 Å². The fraction of sp³-hybridized carbons (Fsp3) is 0.761. The number of aromatic carboxylic acids is 1. The number of nitrogens with zero attached hydrogens (tertiary/aromatic N) is 2. The maximum absolute atomic E-state index is 14.5. The maximum Gasteiger partial charge on any atom is 0.339 e. The number of carbonyl (C=O) groups excluding carboxylic acids is 2. The van der Waals surface area contributed by atoms with E-state index >= 15 is 0 Å². The van der Waals surface area contributed by atoms with Crippen LogP contribution in [0.2, 0.25) is 0 Å². The number of rotatable bonds is 8. The number of nitrogens with one attached hydrogen (secondary N) is 1. The summed E-state index contributed by atoms with van der Waals surface area (Å²) in [5.74, 6) is -0.191. The summed E-state index contributed by atoms with van der Waals surface area (Å²) in [6.45, 7) is 23.4. The third kappa shape index (κ3) is 6.37. The number of fused-ring (bicyclic) bond motifs is 7. The number of amides is 1. The van der Waals surface area contributed by atoms with Gasteiger partial charge in [0.1, 0.15) is 6.10 Å². The van der Waals surface area contributed by atoms with E-state index in [1.54, 1.807) is 23.8 Å². The maximum atomic E-state index is 14.5. The predicted octanol–water partition coefficient (Wildman–Crippen LogP) is 8.47. The number of benzene rings is 1. The van der Waals surface area contributed by atoms with E-state index in [1.807, 2.05) is 0 Å². The number of hydrogen-bond donors (Lipinski definition) is 2. The second kappa shape index (κ2) is 14.0. The Morgan fingerprint density at radius 2 is 1.54 bits per heavy atom. The lowest BCUT2D eigenvalue weighted by Gasteiger charge is -2.71. The van der Waals surface area contributed by atoms with Gasteiger partial charge in [-0.05, 0) is 136 Å². The SMILES string of the molecule is CN1CCN(CCCNC(=O)[C@]23CCC(C)(C)C[C@H]2C2=CC[C@@H]4[C@@]5(C)CCC(OC(=O)c6ccccc6C(=O)O)C(C)(C)[C@@H]5CC[C@@]4(C)[C@]2(C)CC3)CC1. The van der Waals surface area contributed by atoms with Crippen LogP contribution in [-0.4, -0.2) is 85.2 Å². The van der Waals surface area contributed by atoms with Gasteiger partial charge in [-0.1, -0.05) is 72.2 Å². The molecule has 1 aromatic carbocycles. The molecule has 1 heterocycles. The number of piperazine rings is 1. The van der Waals surface area contributed by atoms with E-state index in [4.69, 9.17) is 4.74 Å². The van der Waals surface area contributed by atoms with E-state index in [2.05, 4.69) is 76.7 Å². The third-order valence-corrected chi connectivity index (χ3v) is 17.2. The Kier molecular flexibility index (Phi) is 10.3. The first-order valence-electron chi connectivity index (χ1n) is 21.3. The number of ether oxygens (including phenoxy) is 1. The normalized spacial score (nSPS) is 38.8. The summed E-state index contributed by atoms with van der Waals surface area (Å²) in [4.78, 5) is 44.9. The van der Waals surface area contributed by atoms with Crippen LogP contribution < -0.4 is 5.32 Å². The van der Waals surface area contributed by atoms with E-state index in [9.17, 15) is 19.5 Å². The van der Waals surface area contributed by atoms with Gasteiger partial charge in [0.25, 0.3) is 0 Å². The number of likely N-dealkylation sites (N-methyl/N-ethyl adjacent to an activating group) is 1. The van der Waals surface area contributed by atoms with Gasteiger partial charge in [0.2, 0.25) is 5.91 Å². The van der Waals surface area contributed by atoms with Crippen LogP contribution in [0.25, 0.3) is 0 Å². The second-order valence-corrected chi connectivity index (χ2v) is 20.7. The van der Waals surface area contributed by atoms with E-state index in [0.29, 0.717) is 17.7 Å². The first-order valence-corrected chi connectivity index (χ1v) is 21.3. The van der Waals surface area contributed by atoms with Crippen molar-refractivity contribution >= 4 is 17.8 Å². The minimum Gasteiger partial charge on any atom is -0.478 e. The fourth-order valence-electron chi connectivity index (χ4n) is 13.6. The predicted molar refractivity (Wildman–Crippen MR) is 213 cm³/mol. The lowest BCUT2D eigenvalue weighted by Crippen LogP contribution is -2.65. The van der Waals surface area contributed by atoms with Crippen molar-refractivity contribution in [3.63, 3.8) is 0 Å². The van der Waals surface area contributed by atoms with Crippen molar-refractivity contribution in [2.24, 2.45) is 50.2 Å². The number of hydrogen-bond acceptors (Lipinski definition) is 6. The third-order valence-electron chi connectivity index (χ3n) is 17.2. The molecule has 1 saturated heterocycles. The van der Waals surface area contributed by atoms with Crippen molar-refractivity contribution in [1.82, 2.24) is 15.1 Å². The lowest BCUT2D eigenvalue weighted by atomic mass is 9.33. The molecular weight excluding hydrogens is 675 g/mol. The molecule has 8 heteroatoms. The molecule has 1 amide bonds. The number of carbonyl (C=O) groups is 3. The average Bonchev–Trinajstić information content (AvgIpc) is 3.12. The smallest absolute Gasteiger partial charge is 0.339 e. The Bertz CT molecular complexity index is 1660. The standard InChI is InChI=1S/C46H69N3O5/c1-41(2)20-22-46(40(53)47-24-11-25-49-28-26-48(8)27-29-49)23-21-44(6)33(34(46)30-41)14-15-36-43(5)18-17-37(42(3,4)35(43)16-19-45(36,44)7)54-39(52)32-13-10-9-12-31(32)38(50)51/h9-10,12-14,34-37H,11,15-30H2,1-8H3,(H,47,53)(H,50,51)/t34-,35-,36+,37?,43-,44+,45+,46-/m0/s1. The molecule has 5 fully saturated rings. The minimum absolute atomic E-state index is 0.0102. The topological polar surface area (TPSA) is 99.2 Å². The average molecular weight is 744 g/mol. The Hall–Kier alpha value is -2.71. The molecule has 0 bridgehead atoms. The van der Waals surface area contributed by atoms with Crippen molar-refractivity contribution in [1.29, 1.82) is 0 Å². The summed E-state index contributed by atoms with van der Waals surface area (Å²) in [5, 5.41) is 13.2. The zero-order chi connectivity index (χ0) is 38.9. The molecule has 54 heavy (non-hydrogen) atoms. The van der Waals surface area contributed by atoms with Crippen LogP contribution in [0.5, 0.6) is 0 Å². The Morgan fingerprint density at radius 3 is 2.24 bits per heavy atom. The molecule has 6 aliphatic rings. The van der Waals surface area contributed by atoms with Gasteiger partial charge in [0.15, 0.2) is 0 Å². The summed E-state index contributed by atoms with van der Waals surface area (Å²) in [6, 6.07) is 6.39. The monoisotopic (exact) mass is 744 g/mol. The molecule has 4 saturated carbocycles. The molecule has 1 aliphatic heterocycles. The first kappa shape index (κ1) is 39.5.